The summed E-state index contributed by atoms with van der Waals surface area (Å²) in [5, 5.41) is 5.29. The van der Waals surface area contributed by atoms with Crippen molar-refractivity contribution in [1.29, 1.82) is 0 Å². The Bertz CT molecular complexity index is 888. The minimum absolute atomic E-state index is 0.185. The molecule has 29 heavy (non-hydrogen) atoms. The lowest BCUT2D eigenvalue weighted by Gasteiger charge is -2.27. The summed E-state index contributed by atoms with van der Waals surface area (Å²) in [4.78, 5) is 36.0. The van der Waals surface area contributed by atoms with Crippen LogP contribution in [-0.4, -0.2) is 24.4 Å². The second-order valence-electron chi connectivity index (χ2n) is 7.18. The maximum Gasteiger partial charge on any atom is 0.317 e. The van der Waals surface area contributed by atoms with E-state index in [1.54, 1.807) is 36.4 Å². The molecule has 152 valence electrons. The summed E-state index contributed by atoms with van der Waals surface area (Å²) in [6.07, 6.45) is 2.98. The summed E-state index contributed by atoms with van der Waals surface area (Å²) >= 11 is 0. The molecule has 0 aromatic heterocycles. The molecule has 0 saturated heterocycles. The van der Waals surface area contributed by atoms with Gasteiger partial charge in [0.05, 0.1) is 5.41 Å². The van der Waals surface area contributed by atoms with Crippen LogP contribution in [0.4, 0.5) is 15.8 Å². The van der Waals surface area contributed by atoms with Crippen molar-refractivity contribution in [3.05, 3.63) is 59.9 Å². The summed E-state index contributed by atoms with van der Waals surface area (Å²) in [7, 11) is 0. The van der Waals surface area contributed by atoms with Crippen molar-refractivity contribution in [2.24, 2.45) is 0 Å². The quantitative estimate of drug-likeness (QED) is 0.726. The lowest BCUT2D eigenvalue weighted by molar-refractivity contribution is -0.153. The van der Waals surface area contributed by atoms with Crippen molar-refractivity contribution in [2.45, 2.75) is 38.0 Å². The van der Waals surface area contributed by atoms with E-state index in [0.29, 0.717) is 24.2 Å². The molecule has 1 saturated carbocycles. The first kappa shape index (κ1) is 20.5. The van der Waals surface area contributed by atoms with Crippen LogP contribution in [0.3, 0.4) is 0 Å². The van der Waals surface area contributed by atoms with Crippen LogP contribution >= 0.6 is 0 Å². The van der Waals surface area contributed by atoms with Gasteiger partial charge in [-0.05, 0) is 54.8 Å². The fourth-order valence-corrected chi connectivity index (χ4v) is 3.66. The summed E-state index contributed by atoms with van der Waals surface area (Å²) < 4.78 is 18.6. The van der Waals surface area contributed by atoms with E-state index >= 15 is 0 Å². The molecule has 1 aliphatic carbocycles. The van der Waals surface area contributed by atoms with Crippen molar-refractivity contribution >= 4 is 29.2 Å². The molecular formula is C22H23FN2O4. The van der Waals surface area contributed by atoms with Gasteiger partial charge in [-0.3, -0.25) is 14.4 Å². The van der Waals surface area contributed by atoms with E-state index in [2.05, 4.69) is 10.6 Å². The number of amides is 2. The molecule has 2 aromatic carbocycles. The van der Waals surface area contributed by atoms with Crippen LogP contribution < -0.4 is 10.6 Å². The standard InChI is InChI=1S/C22H23FN2O4/c1-15(26)24-18-8-10-19(11-9-18)25-20(27)14-29-21(28)22(12-2-3-13-22)16-4-6-17(23)7-5-16/h4-11H,2-3,12-14H2,1H3,(H,24,26)(H,25,27). The number of anilines is 2. The topological polar surface area (TPSA) is 84.5 Å². The van der Waals surface area contributed by atoms with E-state index in [1.165, 1.54) is 19.1 Å². The van der Waals surface area contributed by atoms with Crippen LogP contribution in [0, 0.1) is 5.82 Å². The second kappa shape index (κ2) is 8.86. The smallest absolute Gasteiger partial charge is 0.317 e. The molecule has 0 aliphatic heterocycles. The number of hydrogen-bond donors (Lipinski definition) is 2. The van der Waals surface area contributed by atoms with Gasteiger partial charge in [0, 0.05) is 18.3 Å². The van der Waals surface area contributed by atoms with Crippen LogP contribution in [-0.2, 0) is 24.5 Å². The van der Waals surface area contributed by atoms with E-state index in [1.807, 2.05) is 0 Å². The highest BCUT2D eigenvalue weighted by Gasteiger charge is 2.44. The van der Waals surface area contributed by atoms with Crippen molar-refractivity contribution in [1.82, 2.24) is 0 Å². The lowest BCUT2D eigenvalue weighted by atomic mass is 9.79. The number of hydrogen-bond acceptors (Lipinski definition) is 4. The number of nitrogens with one attached hydrogen (secondary N) is 2. The van der Waals surface area contributed by atoms with E-state index in [9.17, 15) is 18.8 Å². The molecule has 2 aromatic rings. The van der Waals surface area contributed by atoms with E-state index < -0.39 is 23.9 Å². The molecule has 0 heterocycles. The molecule has 0 bridgehead atoms. The average molecular weight is 398 g/mol. The lowest BCUT2D eigenvalue weighted by Crippen LogP contribution is -2.36. The van der Waals surface area contributed by atoms with Gasteiger partial charge in [-0.2, -0.15) is 0 Å². The van der Waals surface area contributed by atoms with Crippen molar-refractivity contribution in [3.63, 3.8) is 0 Å². The molecule has 0 spiro atoms. The number of esters is 1. The van der Waals surface area contributed by atoms with Crippen LogP contribution in [0.1, 0.15) is 38.2 Å². The van der Waals surface area contributed by atoms with Crippen LogP contribution in [0.15, 0.2) is 48.5 Å². The number of benzene rings is 2. The average Bonchev–Trinajstić information content (AvgIpc) is 3.19. The van der Waals surface area contributed by atoms with Gasteiger partial charge in [-0.1, -0.05) is 25.0 Å². The molecule has 2 N–H and O–H groups in total. The first-order valence-electron chi connectivity index (χ1n) is 9.50. The Morgan fingerprint density at radius 1 is 0.931 bits per heavy atom. The van der Waals surface area contributed by atoms with Crippen LogP contribution in [0.2, 0.25) is 0 Å². The summed E-state index contributed by atoms with van der Waals surface area (Å²) in [5.74, 6) is -1.47. The minimum Gasteiger partial charge on any atom is -0.455 e. The molecule has 1 aliphatic rings. The zero-order valence-electron chi connectivity index (χ0n) is 16.2. The molecule has 0 atom stereocenters. The zero-order valence-corrected chi connectivity index (χ0v) is 16.2. The Hall–Kier alpha value is -3.22. The second-order valence-corrected chi connectivity index (χ2v) is 7.18. The Morgan fingerprint density at radius 3 is 2.03 bits per heavy atom. The Morgan fingerprint density at radius 2 is 1.48 bits per heavy atom. The highest BCUT2D eigenvalue weighted by atomic mass is 19.1. The number of ether oxygens (including phenoxy) is 1. The fourth-order valence-electron chi connectivity index (χ4n) is 3.66. The third kappa shape index (κ3) is 4.99. The number of carbonyl (C=O) groups is 3. The highest BCUT2D eigenvalue weighted by Crippen LogP contribution is 2.42. The van der Waals surface area contributed by atoms with Crippen LogP contribution in [0.5, 0.6) is 0 Å². The molecule has 3 rings (SSSR count). The third-order valence-electron chi connectivity index (χ3n) is 5.07. The first-order valence-corrected chi connectivity index (χ1v) is 9.50. The maximum absolute atomic E-state index is 13.3. The Labute approximate surface area is 168 Å². The fraction of sp³-hybridized carbons (Fsp3) is 0.318. The number of rotatable bonds is 6. The molecule has 0 unspecified atom stereocenters. The van der Waals surface area contributed by atoms with Gasteiger partial charge >= 0.3 is 5.97 Å². The number of halogens is 1. The van der Waals surface area contributed by atoms with Gasteiger partial charge in [0.15, 0.2) is 6.61 Å². The van der Waals surface area contributed by atoms with Crippen molar-refractivity contribution in [3.8, 4) is 0 Å². The summed E-state index contributed by atoms with van der Waals surface area (Å²) in [6.45, 7) is 1.00. The van der Waals surface area contributed by atoms with Gasteiger partial charge in [-0.15, -0.1) is 0 Å². The Balaban J connectivity index is 1.59. The maximum atomic E-state index is 13.3. The minimum atomic E-state index is -0.825. The Kier molecular flexibility index (Phi) is 6.26. The summed E-state index contributed by atoms with van der Waals surface area (Å²) in [5.41, 5.74) is 1.03. The molecule has 6 nitrogen and oxygen atoms in total. The SMILES string of the molecule is CC(=O)Nc1ccc(NC(=O)COC(=O)C2(c3ccc(F)cc3)CCCC2)cc1. The zero-order chi connectivity index (χ0) is 20.9. The summed E-state index contributed by atoms with van der Waals surface area (Å²) in [6, 6.07) is 12.5. The number of carbonyl (C=O) groups excluding carboxylic acids is 3. The van der Waals surface area contributed by atoms with Gasteiger partial charge in [0.2, 0.25) is 5.91 Å². The largest absolute Gasteiger partial charge is 0.455 e. The van der Waals surface area contributed by atoms with Crippen LogP contribution in [0.25, 0.3) is 0 Å². The molecule has 7 heteroatoms. The van der Waals surface area contributed by atoms with Gasteiger partial charge in [0.1, 0.15) is 5.82 Å². The van der Waals surface area contributed by atoms with E-state index in [4.69, 9.17) is 4.74 Å². The van der Waals surface area contributed by atoms with E-state index in [-0.39, 0.29) is 11.7 Å². The van der Waals surface area contributed by atoms with Gasteiger partial charge in [0.25, 0.3) is 5.91 Å². The monoisotopic (exact) mass is 398 g/mol. The first-order chi connectivity index (χ1) is 13.9. The molecular weight excluding hydrogens is 375 g/mol. The molecule has 0 radical (unpaired) electrons. The molecule has 1 fully saturated rings. The van der Waals surface area contributed by atoms with Crippen molar-refractivity contribution < 1.29 is 23.5 Å². The van der Waals surface area contributed by atoms with E-state index in [0.717, 1.165) is 18.4 Å². The van der Waals surface area contributed by atoms with Crippen molar-refractivity contribution in [2.75, 3.05) is 17.2 Å². The predicted octanol–water partition coefficient (Wildman–Crippen LogP) is 3.78. The van der Waals surface area contributed by atoms with Gasteiger partial charge in [-0.25, -0.2) is 4.39 Å². The normalized spacial score (nSPS) is 14.8. The van der Waals surface area contributed by atoms with Gasteiger partial charge < -0.3 is 15.4 Å². The third-order valence-corrected chi connectivity index (χ3v) is 5.07. The highest BCUT2D eigenvalue weighted by molar-refractivity contribution is 5.94. The molecule has 2 amide bonds. The predicted molar refractivity (Wildman–Crippen MR) is 107 cm³/mol.